The maximum absolute atomic E-state index is 12.1. The number of nitrogens with one attached hydrogen (secondary N) is 2. The summed E-state index contributed by atoms with van der Waals surface area (Å²) in [6, 6.07) is 1.92. The minimum absolute atomic E-state index is 0.102. The highest BCUT2D eigenvalue weighted by atomic mass is 16.1. The minimum Gasteiger partial charge on any atom is -0.330 e. The molecule has 1 aliphatic rings. The SMILES string of the molecule is CCCc1cc(NC(=O)C2CCC(CN)CC2)n[nH]1. The van der Waals surface area contributed by atoms with Gasteiger partial charge in [0, 0.05) is 17.7 Å². The summed E-state index contributed by atoms with van der Waals surface area (Å²) in [5.41, 5.74) is 6.74. The van der Waals surface area contributed by atoms with E-state index in [1.165, 1.54) is 0 Å². The Labute approximate surface area is 114 Å². The van der Waals surface area contributed by atoms with E-state index in [9.17, 15) is 4.79 Å². The number of rotatable bonds is 5. The third-order valence-electron chi connectivity index (χ3n) is 3.95. The second-order valence-corrected chi connectivity index (χ2v) is 5.47. The van der Waals surface area contributed by atoms with Crippen LogP contribution in [0.1, 0.15) is 44.7 Å². The summed E-state index contributed by atoms with van der Waals surface area (Å²) in [5.74, 6) is 1.47. The van der Waals surface area contributed by atoms with Crippen molar-refractivity contribution in [1.82, 2.24) is 10.2 Å². The van der Waals surface area contributed by atoms with E-state index in [2.05, 4.69) is 22.4 Å². The zero-order chi connectivity index (χ0) is 13.7. The molecule has 1 aromatic rings. The fourth-order valence-electron chi connectivity index (χ4n) is 2.71. The van der Waals surface area contributed by atoms with Gasteiger partial charge in [0.2, 0.25) is 5.91 Å². The van der Waals surface area contributed by atoms with Crippen molar-refractivity contribution in [3.8, 4) is 0 Å². The molecule has 1 fully saturated rings. The summed E-state index contributed by atoms with van der Waals surface area (Å²) in [4.78, 5) is 12.1. The van der Waals surface area contributed by atoms with E-state index >= 15 is 0 Å². The molecule has 1 saturated carbocycles. The van der Waals surface area contributed by atoms with Gasteiger partial charge in [0.05, 0.1) is 0 Å². The third-order valence-corrected chi connectivity index (χ3v) is 3.95. The Bertz CT molecular complexity index is 407. The molecule has 1 aromatic heterocycles. The molecule has 0 spiro atoms. The number of amides is 1. The number of hydrogen-bond donors (Lipinski definition) is 3. The number of hydrogen-bond acceptors (Lipinski definition) is 3. The number of carbonyl (C=O) groups is 1. The minimum atomic E-state index is 0.102. The van der Waals surface area contributed by atoms with Gasteiger partial charge in [-0.25, -0.2) is 0 Å². The number of aryl methyl sites for hydroxylation is 1. The average Bonchev–Trinajstić information content (AvgIpc) is 2.86. The second kappa shape index (κ2) is 6.70. The van der Waals surface area contributed by atoms with Gasteiger partial charge in [-0.1, -0.05) is 13.3 Å². The van der Waals surface area contributed by atoms with Gasteiger partial charge in [-0.3, -0.25) is 9.89 Å². The van der Waals surface area contributed by atoms with Crippen LogP contribution in [-0.4, -0.2) is 22.6 Å². The molecule has 0 bridgehead atoms. The van der Waals surface area contributed by atoms with Crippen LogP contribution >= 0.6 is 0 Å². The first kappa shape index (κ1) is 14.1. The summed E-state index contributed by atoms with van der Waals surface area (Å²) in [6.45, 7) is 2.86. The van der Waals surface area contributed by atoms with Crippen molar-refractivity contribution in [3.63, 3.8) is 0 Å². The maximum atomic E-state index is 12.1. The van der Waals surface area contributed by atoms with Crippen molar-refractivity contribution in [3.05, 3.63) is 11.8 Å². The molecule has 1 aliphatic carbocycles. The van der Waals surface area contributed by atoms with Crippen molar-refractivity contribution >= 4 is 11.7 Å². The Balaban J connectivity index is 1.83. The molecular weight excluding hydrogens is 240 g/mol. The number of H-pyrrole nitrogens is 1. The highest BCUT2D eigenvalue weighted by molar-refractivity contribution is 5.91. The van der Waals surface area contributed by atoms with Crippen molar-refractivity contribution in [2.45, 2.75) is 45.4 Å². The van der Waals surface area contributed by atoms with Crippen LogP contribution in [0.3, 0.4) is 0 Å². The Hall–Kier alpha value is -1.36. The molecule has 0 radical (unpaired) electrons. The smallest absolute Gasteiger partial charge is 0.228 e. The topological polar surface area (TPSA) is 83.8 Å². The summed E-state index contributed by atoms with van der Waals surface area (Å²) in [7, 11) is 0. The van der Waals surface area contributed by atoms with Crippen LogP contribution in [0.5, 0.6) is 0 Å². The van der Waals surface area contributed by atoms with Gasteiger partial charge < -0.3 is 11.1 Å². The van der Waals surface area contributed by atoms with Crippen LogP contribution in [0, 0.1) is 11.8 Å². The van der Waals surface area contributed by atoms with E-state index in [-0.39, 0.29) is 11.8 Å². The van der Waals surface area contributed by atoms with Gasteiger partial charge in [0.25, 0.3) is 0 Å². The van der Waals surface area contributed by atoms with Crippen LogP contribution in [0.15, 0.2) is 6.07 Å². The first-order valence-electron chi connectivity index (χ1n) is 7.28. The van der Waals surface area contributed by atoms with Crippen molar-refractivity contribution in [1.29, 1.82) is 0 Å². The lowest BCUT2D eigenvalue weighted by Gasteiger charge is -2.26. The monoisotopic (exact) mass is 264 g/mol. The van der Waals surface area contributed by atoms with E-state index in [1.807, 2.05) is 6.07 Å². The number of anilines is 1. The summed E-state index contributed by atoms with van der Waals surface area (Å²) >= 11 is 0. The Morgan fingerprint density at radius 2 is 2.21 bits per heavy atom. The zero-order valence-corrected chi connectivity index (χ0v) is 11.6. The lowest BCUT2D eigenvalue weighted by Crippen LogP contribution is -2.29. The van der Waals surface area contributed by atoms with Crippen LogP contribution in [0.4, 0.5) is 5.82 Å². The largest absolute Gasteiger partial charge is 0.330 e. The number of aromatic amines is 1. The molecule has 1 amide bonds. The van der Waals surface area contributed by atoms with Gasteiger partial charge in [0.1, 0.15) is 0 Å². The molecule has 0 atom stereocenters. The van der Waals surface area contributed by atoms with Crippen LogP contribution in [0.2, 0.25) is 0 Å². The van der Waals surface area contributed by atoms with Gasteiger partial charge in [-0.15, -0.1) is 0 Å². The number of nitrogens with zero attached hydrogens (tertiary/aromatic N) is 1. The fourth-order valence-corrected chi connectivity index (χ4v) is 2.71. The lowest BCUT2D eigenvalue weighted by atomic mass is 9.81. The molecular formula is C14H24N4O. The van der Waals surface area contributed by atoms with Gasteiger partial charge in [-0.2, -0.15) is 5.10 Å². The van der Waals surface area contributed by atoms with E-state index in [1.54, 1.807) is 0 Å². The predicted octanol–water partition coefficient (Wildman–Crippen LogP) is 2.07. The third kappa shape index (κ3) is 3.80. The second-order valence-electron chi connectivity index (χ2n) is 5.47. The molecule has 0 aromatic carbocycles. The molecule has 4 N–H and O–H groups in total. The standard InChI is InChI=1S/C14H24N4O/c1-2-3-12-8-13(18-17-12)16-14(19)11-6-4-10(9-15)5-7-11/h8,10-11H,2-7,9,15H2,1H3,(H2,16,17,18,19). The summed E-state index contributed by atoms with van der Waals surface area (Å²) in [5, 5.41) is 9.98. The van der Waals surface area contributed by atoms with E-state index in [0.717, 1.165) is 50.8 Å². The normalized spacial score (nSPS) is 23.3. The molecule has 1 heterocycles. The summed E-state index contributed by atoms with van der Waals surface area (Å²) < 4.78 is 0. The highest BCUT2D eigenvalue weighted by Crippen LogP contribution is 2.28. The maximum Gasteiger partial charge on any atom is 0.228 e. The molecule has 2 rings (SSSR count). The highest BCUT2D eigenvalue weighted by Gasteiger charge is 2.25. The van der Waals surface area contributed by atoms with Crippen molar-refractivity contribution in [2.75, 3.05) is 11.9 Å². The van der Waals surface area contributed by atoms with Gasteiger partial charge in [-0.05, 0) is 44.6 Å². The van der Waals surface area contributed by atoms with Crippen LogP contribution in [-0.2, 0) is 11.2 Å². The fraction of sp³-hybridized carbons (Fsp3) is 0.714. The first-order chi connectivity index (χ1) is 9.22. The molecule has 19 heavy (non-hydrogen) atoms. The van der Waals surface area contributed by atoms with Crippen LogP contribution in [0.25, 0.3) is 0 Å². The molecule has 0 unspecified atom stereocenters. The van der Waals surface area contributed by atoms with Crippen molar-refractivity contribution < 1.29 is 4.79 Å². The first-order valence-corrected chi connectivity index (χ1v) is 7.28. The Morgan fingerprint density at radius 1 is 1.47 bits per heavy atom. The van der Waals surface area contributed by atoms with E-state index < -0.39 is 0 Å². The van der Waals surface area contributed by atoms with E-state index in [4.69, 9.17) is 5.73 Å². The molecule has 106 valence electrons. The molecule has 0 aliphatic heterocycles. The lowest BCUT2D eigenvalue weighted by molar-refractivity contribution is -0.121. The van der Waals surface area contributed by atoms with Crippen molar-refractivity contribution in [2.24, 2.45) is 17.6 Å². The van der Waals surface area contributed by atoms with Gasteiger partial charge in [0.15, 0.2) is 5.82 Å². The Morgan fingerprint density at radius 3 is 2.84 bits per heavy atom. The number of aromatic nitrogens is 2. The molecule has 0 saturated heterocycles. The number of nitrogens with two attached hydrogens (primary N) is 1. The van der Waals surface area contributed by atoms with Gasteiger partial charge >= 0.3 is 0 Å². The number of carbonyl (C=O) groups excluding carboxylic acids is 1. The Kier molecular flexibility index (Phi) is 4.96. The molecule has 5 heteroatoms. The quantitative estimate of drug-likeness (QED) is 0.761. The zero-order valence-electron chi connectivity index (χ0n) is 11.6. The predicted molar refractivity (Wildman–Crippen MR) is 75.7 cm³/mol. The van der Waals surface area contributed by atoms with Crippen LogP contribution < -0.4 is 11.1 Å². The molecule has 5 nitrogen and oxygen atoms in total. The summed E-state index contributed by atoms with van der Waals surface area (Å²) in [6.07, 6.45) is 6.05. The van der Waals surface area contributed by atoms with E-state index in [0.29, 0.717) is 11.7 Å². The average molecular weight is 264 g/mol.